The van der Waals surface area contributed by atoms with Crippen LogP contribution in [0.25, 0.3) is 0 Å². The number of hydrogen-bond donors (Lipinski definition) is 1. The molecule has 1 atom stereocenters. The summed E-state index contributed by atoms with van der Waals surface area (Å²) in [6.45, 7) is 5.17. The first-order chi connectivity index (χ1) is 11.0. The second kappa shape index (κ2) is 8.11. The van der Waals surface area contributed by atoms with Crippen molar-refractivity contribution in [2.45, 2.75) is 51.7 Å². The van der Waals surface area contributed by atoms with Crippen molar-refractivity contribution in [3.63, 3.8) is 0 Å². The number of likely N-dealkylation sites (tertiary alicyclic amines) is 1. The van der Waals surface area contributed by atoms with Gasteiger partial charge in [0.15, 0.2) is 5.78 Å². The molecule has 1 aromatic rings. The Morgan fingerprint density at radius 2 is 1.96 bits per heavy atom. The molecule has 0 saturated carbocycles. The lowest BCUT2D eigenvalue weighted by atomic mass is 10.0. The molecular formula is C18H25NO4. The number of carboxylic acids is 1. The summed E-state index contributed by atoms with van der Waals surface area (Å²) in [7, 11) is 0. The minimum absolute atomic E-state index is 0.0378. The van der Waals surface area contributed by atoms with Crippen LogP contribution in [0.2, 0.25) is 0 Å². The Labute approximate surface area is 137 Å². The van der Waals surface area contributed by atoms with Crippen molar-refractivity contribution in [2.75, 3.05) is 13.1 Å². The van der Waals surface area contributed by atoms with Gasteiger partial charge in [0, 0.05) is 18.5 Å². The molecular weight excluding hydrogens is 294 g/mol. The molecule has 0 bridgehead atoms. The summed E-state index contributed by atoms with van der Waals surface area (Å²) >= 11 is 0. The minimum atomic E-state index is -0.785. The van der Waals surface area contributed by atoms with Crippen molar-refractivity contribution < 1.29 is 19.4 Å². The van der Waals surface area contributed by atoms with Gasteiger partial charge in [-0.15, -0.1) is 0 Å². The van der Waals surface area contributed by atoms with E-state index in [0.29, 0.717) is 24.9 Å². The van der Waals surface area contributed by atoms with Gasteiger partial charge in [-0.25, -0.2) is 0 Å². The molecule has 5 heteroatoms. The summed E-state index contributed by atoms with van der Waals surface area (Å²) in [5, 5.41) is 9.25. The van der Waals surface area contributed by atoms with Crippen LogP contribution in [0.5, 0.6) is 5.75 Å². The Kier molecular flexibility index (Phi) is 6.16. The van der Waals surface area contributed by atoms with Gasteiger partial charge in [-0.05, 0) is 57.5 Å². The highest BCUT2D eigenvalue weighted by atomic mass is 16.5. The van der Waals surface area contributed by atoms with Crippen LogP contribution in [0, 0.1) is 0 Å². The number of aliphatic carboxylic acids is 1. The molecule has 126 valence electrons. The number of benzene rings is 1. The van der Waals surface area contributed by atoms with Crippen LogP contribution in [0.1, 0.15) is 49.9 Å². The van der Waals surface area contributed by atoms with E-state index in [1.54, 1.807) is 24.3 Å². The third-order valence-corrected chi connectivity index (χ3v) is 4.07. The van der Waals surface area contributed by atoms with Crippen molar-refractivity contribution >= 4 is 11.8 Å². The van der Waals surface area contributed by atoms with E-state index in [4.69, 9.17) is 4.74 Å². The van der Waals surface area contributed by atoms with Gasteiger partial charge in [0.05, 0.1) is 6.10 Å². The quantitative estimate of drug-likeness (QED) is 0.783. The maximum atomic E-state index is 12.3. The zero-order chi connectivity index (χ0) is 16.8. The zero-order valence-electron chi connectivity index (χ0n) is 13.8. The minimum Gasteiger partial charge on any atom is -0.491 e. The van der Waals surface area contributed by atoms with Crippen LogP contribution < -0.4 is 4.74 Å². The van der Waals surface area contributed by atoms with Crippen LogP contribution >= 0.6 is 0 Å². The molecule has 1 saturated heterocycles. The molecule has 2 rings (SSSR count). The fourth-order valence-corrected chi connectivity index (χ4v) is 2.92. The van der Waals surface area contributed by atoms with E-state index in [-0.39, 0.29) is 11.9 Å². The van der Waals surface area contributed by atoms with Crippen LogP contribution in [-0.2, 0) is 4.79 Å². The Bertz CT molecular complexity index is 538. The van der Waals surface area contributed by atoms with Gasteiger partial charge in [0.25, 0.3) is 0 Å². The van der Waals surface area contributed by atoms with Crippen LogP contribution in [-0.4, -0.2) is 47.0 Å². The number of ketones is 1. The molecule has 1 N–H and O–H groups in total. The fraction of sp³-hybridized carbons (Fsp3) is 0.556. The maximum Gasteiger partial charge on any atom is 0.320 e. The van der Waals surface area contributed by atoms with Crippen LogP contribution in [0.15, 0.2) is 24.3 Å². The number of ether oxygens (including phenoxy) is 1. The number of piperidine rings is 1. The van der Waals surface area contributed by atoms with Crippen molar-refractivity contribution in [3.05, 3.63) is 29.8 Å². The molecule has 1 unspecified atom stereocenters. The first-order valence-corrected chi connectivity index (χ1v) is 8.24. The summed E-state index contributed by atoms with van der Waals surface area (Å²) in [6.07, 6.45) is 3.06. The second-order valence-electron chi connectivity index (χ2n) is 6.25. The van der Waals surface area contributed by atoms with Crippen LogP contribution in [0.4, 0.5) is 0 Å². The van der Waals surface area contributed by atoms with Crippen molar-refractivity contribution in [3.8, 4) is 5.75 Å². The molecule has 0 aliphatic carbocycles. The van der Waals surface area contributed by atoms with Gasteiger partial charge in [0.2, 0.25) is 0 Å². The molecule has 23 heavy (non-hydrogen) atoms. The average Bonchev–Trinajstić information content (AvgIpc) is 2.53. The third kappa shape index (κ3) is 5.06. The maximum absolute atomic E-state index is 12.3. The van der Waals surface area contributed by atoms with Gasteiger partial charge >= 0.3 is 5.97 Å². The lowest BCUT2D eigenvalue weighted by Crippen LogP contribution is -2.45. The molecule has 0 spiro atoms. The molecule has 1 fully saturated rings. The van der Waals surface area contributed by atoms with Crippen molar-refractivity contribution in [1.29, 1.82) is 0 Å². The number of hydrogen-bond acceptors (Lipinski definition) is 4. The number of carboxylic acid groups (broad SMARTS) is 1. The highest BCUT2D eigenvalue weighted by molar-refractivity contribution is 5.96. The van der Waals surface area contributed by atoms with E-state index in [2.05, 4.69) is 0 Å². The summed E-state index contributed by atoms with van der Waals surface area (Å²) in [4.78, 5) is 25.5. The average molecular weight is 319 g/mol. The largest absolute Gasteiger partial charge is 0.491 e. The zero-order valence-corrected chi connectivity index (χ0v) is 13.8. The smallest absolute Gasteiger partial charge is 0.320 e. The topological polar surface area (TPSA) is 66.8 Å². The number of nitrogens with zero attached hydrogens (tertiary/aromatic N) is 1. The van der Waals surface area contributed by atoms with E-state index in [1.165, 1.54) is 0 Å². The normalized spacial score (nSPS) is 18.8. The van der Waals surface area contributed by atoms with Gasteiger partial charge in [-0.1, -0.05) is 6.42 Å². The number of rotatable bonds is 7. The predicted molar refractivity (Wildman–Crippen MR) is 88.0 cm³/mol. The summed E-state index contributed by atoms with van der Waals surface area (Å²) < 4.78 is 5.56. The monoisotopic (exact) mass is 319 g/mol. The van der Waals surface area contributed by atoms with Gasteiger partial charge in [0.1, 0.15) is 11.8 Å². The van der Waals surface area contributed by atoms with E-state index < -0.39 is 12.0 Å². The fourth-order valence-electron chi connectivity index (χ4n) is 2.92. The Morgan fingerprint density at radius 3 is 2.57 bits per heavy atom. The Balaban J connectivity index is 1.89. The summed E-state index contributed by atoms with van der Waals surface area (Å²) in [5.41, 5.74) is 0.644. The summed E-state index contributed by atoms with van der Waals surface area (Å²) in [6, 6.07) is 6.69. The molecule has 1 aliphatic rings. The van der Waals surface area contributed by atoms with Gasteiger partial charge in [-0.3, -0.25) is 14.5 Å². The predicted octanol–water partition coefficient (Wildman–Crippen LogP) is 2.99. The highest BCUT2D eigenvalue weighted by Gasteiger charge is 2.28. The molecule has 5 nitrogen and oxygen atoms in total. The number of Topliss-reactive ketones (excluding diaryl/α,β-unsaturated/α-hetero) is 1. The van der Waals surface area contributed by atoms with Crippen LogP contribution in [0.3, 0.4) is 0 Å². The lowest BCUT2D eigenvalue weighted by molar-refractivity contribution is -0.144. The third-order valence-electron chi connectivity index (χ3n) is 4.07. The van der Waals surface area contributed by atoms with E-state index in [9.17, 15) is 14.7 Å². The number of carbonyl (C=O) groups excluding carboxylic acids is 1. The lowest BCUT2D eigenvalue weighted by Gasteiger charge is -2.32. The van der Waals surface area contributed by atoms with Crippen molar-refractivity contribution in [2.24, 2.45) is 0 Å². The first kappa shape index (κ1) is 17.5. The molecule has 0 amide bonds. The Hall–Kier alpha value is -1.88. The molecule has 0 radical (unpaired) electrons. The van der Waals surface area contributed by atoms with E-state index in [0.717, 1.165) is 25.1 Å². The Morgan fingerprint density at radius 1 is 1.26 bits per heavy atom. The highest BCUT2D eigenvalue weighted by Crippen LogP contribution is 2.19. The molecule has 1 aromatic carbocycles. The van der Waals surface area contributed by atoms with E-state index >= 15 is 0 Å². The van der Waals surface area contributed by atoms with Crippen molar-refractivity contribution in [1.82, 2.24) is 4.90 Å². The molecule has 1 heterocycles. The first-order valence-electron chi connectivity index (χ1n) is 8.24. The summed E-state index contributed by atoms with van der Waals surface area (Å²) in [5.74, 6) is 0.00154. The van der Waals surface area contributed by atoms with E-state index in [1.807, 2.05) is 18.7 Å². The van der Waals surface area contributed by atoms with Gasteiger partial charge in [-0.2, -0.15) is 0 Å². The molecule has 1 aliphatic heterocycles. The number of carbonyl (C=O) groups is 2. The van der Waals surface area contributed by atoms with Gasteiger partial charge < -0.3 is 9.84 Å². The standard InChI is InChI=1S/C18H25NO4/c1-13(2)23-15-8-6-14(7-9-15)17(20)10-12-19-11-4-3-5-16(19)18(21)22/h6-9,13,16H,3-5,10-12H2,1-2H3,(H,21,22). The SMILES string of the molecule is CC(C)Oc1ccc(C(=O)CCN2CCCCC2C(=O)O)cc1. The second-order valence-corrected chi connectivity index (χ2v) is 6.25. The molecule has 0 aromatic heterocycles.